The third kappa shape index (κ3) is 1.81. The molecule has 0 saturated heterocycles. The van der Waals surface area contributed by atoms with Crippen LogP contribution >= 0.6 is 0 Å². The van der Waals surface area contributed by atoms with E-state index in [0.29, 0.717) is 0 Å². The molecule has 0 bridgehead atoms. The Morgan fingerprint density at radius 1 is 1.26 bits per heavy atom. The van der Waals surface area contributed by atoms with Crippen LogP contribution in [0.15, 0.2) is 53.3 Å². The van der Waals surface area contributed by atoms with Crippen LogP contribution in [0.25, 0.3) is 6.08 Å². The van der Waals surface area contributed by atoms with Crippen LogP contribution in [0.4, 0.5) is 0 Å². The maximum atomic E-state index is 12.3. The molecule has 0 spiro atoms. The zero-order valence-corrected chi connectivity index (χ0v) is 9.98. The van der Waals surface area contributed by atoms with Crippen molar-refractivity contribution < 1.29 is 9.21 Å². The van der Waals surface area contributed by atoms with Gasteiger partial charge in [0.2, 0.25) is 0 Å². The average molecular weight is 250 g/mol. The van der Waals surface area contributed by atoms with E-state index in [-0.39, 0.29) is 11.7 Å². The molecule has 0 N–H and O–H groups in total. The normalized spacial score (nSPS) is 16.8. The van der Waals surface area contributed by atoms with Gasteiger partial charge in [-0.25, -0.2) is 0 Å². The summed E-state index contributed by atoms with van der Waals surface area (Å²) in [5, 5.41) is 9.35. The monoisotopic (exact) mass is 250 g/mol. The smallest absolute Gasteiger partial charge is 0.294 e. The second-order valence-electron chi connectivity index (χ2n) is 4.17. The van der Waals surface area contributed by atoms with Gasteiger partial charge >= 0.3 is 0 Å². The van der Waals surface area contributed by atoms with Crippen LogP contribution in [-0.4, -0.2) is 10.8 Å². The Balaban J connectivity index is 2.02. The molecular formula is C15H10N2O2. The molecule has 1 aliphatic rings. The number of benzene rings is 1. The van der Waals surface area contributed by atoms with Crippen molar-refractivity contribution >= 4 is 12.0 Å². The predicted molar refractivity (Wildman–Crippen MR) is 68.7 cm³/mol. The molecule has 4 nitrogen and oxygen atoms in total. The van der Waals surface area contributed by atoms with Crippen molar-refractivity contribution in [3.05, 3.63) is 65.7 Å². The maximum Gasteiger partial charge on any atom is 0.294 e. The highest BCUT2D eigenvalue weighted by atomic mass is 16.3. The van der Waals surface area contributed by atoms with Gasteiger partial charge in [-0.2, -0.15) is 5.26 Å². The molecule has 4 heteroatoms. The van der Waals surface area contributed by atoms with Gasteiger partial charge in [-0.1, -0.05) is 24.3 Å². The first-order valence-corrected chi connectivity index (χ1v) is 5.84. The highest BCUT2D eigenvalue weighted by molar-refractivity contribution is 5.93. The van der Waals surface area contributed by atoms with E-state index in [1.165, 1.54) is 11.2 Å². The first-order chi connectivity index (χ1) is 9.31. The van der Waals surface area contributed by atoms with E-state index in [0.717, 1.165) is 11.1 Å². The second kappa shape index (κ2) is 4.46. The summed E-state index contributed by atoms with van der Waals surface area (Å²) in [5.74, 6) is -0.0911. The zero-order valence-electron chi connectivity index (χ0n) is 9.98. The van der Waals surface area contributed by atoms with Crippen LogP contribution in [-0.2, 0) is 0 Å². The fraction of sp³-hybridized carbons (Fsp3) is 0.0667. The lowest BCUT2D eigenvalue weighted by Gasteiger charge is -2.27. The Labute approximate surface area is 110 Å². The van der Waals surface area contributed by atoms with E-state index in [1.807, 2.05) is 30.3 Å². The van der Waals surface area contributed by atoms with Gasteiger partial charge in [-0.05, 0) is 29.3 Å². The number of carbonyl (C=O) groups is 1. The highest BCUT2D eigenvalue weighted by Gasteiger charge is 2.29. The lowest BCUT2D eigenvalue weighted by atomic mass is 9.97. The molecule has 19 heavy (non-hydrogen) atoms. The Morgan fingerprint density at radius 3 is 2.84 bits per heavy atom. The third-order valence-corrected chi connectivity index (χ3v) is 3.07. The Kier molecular flexibility index (Phi) is 2.66. The SMILES string of the molecule is N#C[C@H]1c2ccccc2C=CN1C(=O)c1ccco1. The van der Waals surface area contributed by atoms with E-state index >= 15 is 0 Å². The van der Waals surface area contributed by atoms with E-state index in [9.17, 15) is 10.1 Å². The molecular weight excluding hydrogens is 240 g/mol. The van der Waals surface area contributed by atoms with E-state index in [2.05, 4.69) is 6.07 Å². The van der Waals surface area contributed by atoms with Crippen LogP contribution in [0, 0.1) is 11.3 Å². The fourth-order valence-electron chi connectivity index (χ4n) is 2.15. The molecule has 3 rings (SSSR count). The Hall–Kier alpha value is -2.80. The molecule has 1 aromatic carbocycles. The number of carbonyl (C=O) groups excluding carboxylic acids is 1. The summed E-state index contributed by atoms with van der Waals surface area (Å²) in [4.78, 5) is 13.7. The van der Waals surface area contributed by atoms with Crippen LogP contribution < -0.4 is 0 Å². The van der Waals surface area contributed by atoms with Gasteiger partial charge in [-0.3, -0.25) is 9.69 Å². The molecule has 0 radical (unpaired) electrons. The average Bonchev–Trinajstić information content (AvgIpc) is 2.99. The first kappa shape index (κ1) is 11.3. The lowest BCUT2D eigenvalue weighted by Crippen LogP contribution is -2.31. The van der Waals surface area contributed by atoms with Crippen molar-refractivity contribution in [1.29, 1.82) is 5.26 Å². The standard InChI is InChI=1S/C15H10N2O2/c16-10-13-12-5-2-1-4-11(12)7-8-17(13)15(18)14-6-3-9-19-14/h1-9,13H/t13-/m0/s1. The molecule has 1 aromatic heterocycles. The number of fused-ring (bicyclic) bond motifs is 1. The van der Waals surface area contributed by atoms with Crippen molar-refractivity contribution in [2.75, 3.05) is 0 Å². The molecule has 1 atom stereocenters. The summed E-state index contributed by atoms with van der Waals surface area (Å²) >= 11 is 0. The first-order valence-electron chi connectivity index (χ1n) is 5.84. The van der Waals surface area contributed by atoms with Crippen molar-refractivity contribution in [3.63, 3.8) is 0 Å². The highest BCUT2D eigenvalue weighted by Crippen LogP contribution is 2.30. The predicted octanol–water partition coefficient (Wildman–Crippen LogP) is 2.97. The number of furan rings is 1. The number of hydrogen-bond donors (Lipinski definition) is 0. The minimum atomic E-state index is -0.626. The molecule has 2 aromatic rings. The number of nitrogens with zero attached hydrogens (tertiary/aromatic N) is 2. The second-order valence-corrected chi connectivity index (χ2v) is 4.17. The minimum Gasteiger partial charge on any atom is -0.459 e. The number of amides is 1. The van der Waals surface area contributed by atoms with Gasteiger partial charge in [-0.15, -0.1) is 0 Å². The van der Waals surface area contributed by atoms with Gasteiger partial charge in [0.15, 0.2) is 5.76 Å². The molecule has 0 unspecified atom stereocenters. The maximum absolute atomic E-state index is 12.3. The Morgan fingerprint density at radius 2 is 2.11 bits per heavy atom. The molecule has 1 amide bonds. The minimum absolute atomic E-state index is 0.226. The summed E-state index contributed by atoms with van der Waals surface area (Å²) in [7, 11) is 0. The van der Waals surface area contributed by atoms with Gasteiger partial charge in [0.25, 0.3) is 5.91 Å². The fourth-order valence-corrected chi connectivity index (χ4v) is 2.15. The molecule has 0 saturated carbocycles. The van der Waals surface area contributed by atoms with Crippen molar-refractivity contribution in [1.82, 2.24) is 4.90 Å². The van der Waals surface area contributed by atoms with Crippen LogP contribution in [0.3, 0.4) is 0 Å². The summed E-state index contributed by atoms with van der Waals surface area (Å²) in [6.45, 7) is 0. The summed E-state index contributed by atoms with van der Waals surface area (Å²) in [6, 6.07) is 12.3. The largest absolute Gasteiger partial charge is 0.459 e. The lowest BCUT2D eigenvalue weighted by molar-refractivity contribution is 0.0763. The van der Waals surface area contributed by atoms with Crippen molar-refractivity contribution in [2.45, 2.75) is 6.04 Å². The summed E-state index contributed by atoms with van der Waals surface area (Å²) in [6.07, 6.45) is 4.89. The van der Waals surface area contributed by atoms with Gasteiger partial charge in [0.05, 0.1) is 12.3 Å². The Bertz CT molecular complexity index is 680. The van der Waals surface area contributed by atoms with Gasteiger partial charge < -0.3 is 4.42 Å². The van der Waals surface area contributed by atoms with Crippen LogP contribution in [0.1, 0.15) is 27.7 Å². The summed E-state index contributed by atoms with van der Waals surface area (Å²) in [5.41, 5.74) is 1.78. The molecule has 0 aliphatic carbocycles. The van der Waals surface area contributed by atoms with Gasteiger partial charge in [0, 0.05) is 6.20 Å². The zero-order chi connectivity index (χ0) is 13.2. The molecule has 92 valence electrons. The number of rotatable bonds is 1. The quantitative estimate of drug-likeness (QED) is 0.781. The number of nitriles is 1. The van der Waals surface area contributed by atoms with Crippen LogP contribution in [0.2, 0.25) is 0 Å². The third-order valence-electron chi connectivity index (χ3n) is 3.07. The van der Waals surface area contributed by atoms with E-state index in [4.69, 9.17) is 4.42 Å². The van der Waals surface area contributed by atoms with Crippen LogP contribution in [0.5, 0.6) is 0 Å². The van der Waals surface area contributed by atoms with E-state index in [1.54, 1.807) is 18.3 Å². The number of hydrogen-bond acceptors (Lipinski definition) is 3. The molecule has 0 fully saturated rings. The summed E-state index contributed by atoms with van der Waals surface area (Å²) < 4.78 is 5.09. The molecule has 2 heterocycles. The van der Waals surface area contributed by atoms with Crippen molar-refractivity contribution in [2.24, 2.45) is 0 Å². The van der Waals surface area contributed by atoms with E-state index < -0.39 is 6.04 Å². The molecule has 1 aliphatic heterocycles. The van der Waals surface area contributed by atoms with Gasteiger partial charge in [0.1, 0.15) is 6.04 Å². The topological polar surface area (TPSA) is 57.2 Å². The van der Waals surface area contributed by atoms with Crippen molar-refractivity contribution in [3.8, 4) is 6.07 Å².